The Morgan fingerprint density at radius 3 is 2.29 bits per heavy atom. The molecular weight excluding hydrogens is 203 g/mol. The van der Waals surface area contributed by atoms with Crippen LogP contribution in [0.15, 0.2) is 0 Å². The fourth-order valence-corrected chi connectivity index (χ4v) is 6.81. The van der Waals surface area contributed by atoms with E-state index in [1.165, 1.54) is 27.5 Å². The van der Waals surface area contributed by atoms with Gasteiger partial charge in [0.25, 0.3) is 0 Å². The molecule has 0 heterocycles. The third kappa shape index (κ3) is 7.38. The topological polar surface area (TPSA) is 0 Å². The normalized spacial score (nSPS) is 6.14. The van der Waals surface area contributed by atoms with E-state index in [4.69, 9.17) is 6.72 Å². The van der Waals surface area contributed by atoms with Crippen LogP contribution in [0.25, 0.3) is 0 Å². The van der Waals surface area contributed by atoms with Crippen molar-refractivity contribution in [3.8, 4) is 0 Å². The van der Waals surface area contributed by atoms with Gasteiger partial charge in [0, 0.05) is 0 Å². The average Bonchev–Trinajstić information content (AvgIpc) is 1.69. The molecule has 0 nitrogen and oxygen atoms in total. The van der Waals surface area contributed by atoms with Gasteiger partial charge in [-0.3, -0.25) is 0 Å². The van der Waals surface area contributed by atoms with Crippen LogP contribution in [0.2, 0.25) is 0 Å². The molecule has 0 unspecified atom stereocenters. The summed E-state index contributed by atoms with van der Waals surface area (Å²) in [6.45, 7) is 5.07. The number of rotatable bonds is 0. The van der Waals surface area contributed by atoms with Crippen LogP contribution in [-0.2, 0) is 56.5 Å². The molecule has 0 saturated carbocycles. The van der Waals surface area contributed by atoms with Crippen molar-refractivity contribution in [2.45, 2.75) is 0 Å². The van der Waals surface area contributed by atoms with Crippen molar-refractivity contribution in [3.05, 3.63) is 0 Å². The monoisotopic (exact) mass is 203 g/mol. The molecule has 0 spiro atoms. The molecular formula is BS6. The Balaban J connectivity index is 4.89. The van der Waals surface area contributed by atoms with Crippen LogP contribution in [0.5, 0.6) is 0 Å². The van der Waals surface area contributed by atoms with Crippen LogP contribution in [0.1, 0.15) is 0 Å². The van der Waals surface area contributed by atoms with Crippen LogP contribution in [-0.4, -0.2) is 6.72 Å². The van der Waals surface area contributed by atoms with Crippen molar-refractivity contribution in [1.29, 1.82) is 0 Å². The fourth-order valence-electron chi connectivity index (χ4n) is 0.0387. The van der Waals surface area contributed by atoms with Crippen molar-refractivity contribution in [3.63, 3.8) is 0 Å². The number of hydrogen-bond acceptors (Lipinski definition) is 1. The fraction of sp³-hybridized carbons (Fsp3) is 0. The first-order chi connectivity index (χ1) is 3.41. The molecule has 0 aromatic rings. The van der Waals surface area contributed by atoms with Gasteiger partial charge in [-0.2, -0.15) is 0 Å². The van der Waals surface area contributed by atoms with Crippen LogP contribution >= 0.6 is 0 Å². The van der Waals surface area contributed by atoms with Crippen LogP contribution in [0.3, 0.4) is 0 Å². The summed E-state index contributed by atoms with van der Waals surface area (Å²) in [6, 6.07) is 0. The molecule has 0 saturated heterocycles. The summed E-state index contributed by atoms with van der Waals surface area (Å²) in [5.74, 6) is 0. The van der Waals surface area contributed by atoms with E-state index in [2.05, 4.69) is 11.2 Å². The Morgan fingerprint density at radius 1 is 1.14 bits per heavy atom. The Kier molecular flexibility index (Phi) is 8.85. The van der Waals surface area contributed by atoms with E-state index in [0.717, 1.165) is 0 Å². The Morgan fingerprint density at radius 2 is 1.86 bits per heavy atom. The molecule has 0 aliphatic carbocycles. The first kappa shape index (κ1) is 8.38. The maximum absolute atomic E-state index is 5.07. The van der Waals surface area contributed by atoms with Crippen molar-refractivity contribution >= 4 is 63.2 Å². The summed E-state index contributed by atoms with van der Waals surface area (Å²) in [4.78, 5) is 0. The summed E-state index contributed by atoms with van der Waals surface area (Å²) < 4.78 is 0. The van der Waals surface area contributed by atoms with Gasteiger partial charge in [-0.1, -0.05) is 0 Å². The van der Waals surface area contributed by atoms with Crippen LogP contribution in [0, 0.1) is 0 Å². The van der Waals surface area contributed by atoms with E-state index >= 15 is 0 Å². The van der Waals surface area contributed by atoms with E-state index in [0.29, 0.717) is 0 Å². The molecule has 7 heavy (non-hydrogen) atoms. The molecule has 0 fully saturated rings. The standard InChI is InChI=1S/BS6/c1-3-5-7-6-4-2. The summed E-state index contributed by atoms with van der Waals surface area (Å²) in [5.41, 5.74) is 0. The molecule has 0 aromatic carbocycles. The first-order valence-electron chi connectivity index (χ1n) is 1.07. The second-order valence-electron chi connectivity index (χ2n) is 0.368. The summed E-state index contributed by atoms with van der Waals surface area (Å²) in [5, 5.41) is 0. The molecule has 0 aromatic heterocycles. The van der Waals surface area contributed by atoms with Crippen molar-refractivity contribution in [1.82, 2.24) is 0 Å². The van der Waals surface area contributed by atoms with Gasteiger partial charge in [-0.15, -0.1) is 0 Å². The van der Waals surface area contributed by atoms with Gasteiger partial charge < -0.3 is 0 Å². The Labute approximate surface area is 62.6 Å². The van der Waals surface area contributed by atoms with Gasteiger partial charge in [0.15, 0.2) is 0 Å². The van der Waals surface area contributed by atoms with Crippen molar-refractivity contribution < 1.29 is 0 Å². The molecule has 0 bridgehead atoms. The average molecular weight is 203 g/mol. The molecule has 0 aliphatic rings. The molecule has 0 amide bonds. The SMILES string of the molecule is [B]=S=S=S=S=S=S. The predicted octanol–water partition coefficient (Wildman–Crippen LogP) is -0.395. The van der Waals surface area contributed by atoms with Crippen molar-refractivity contribution in [2.75, 3.05) is 0 Å². The zero-order chi connectivity index (χ0) is 5.54. The predicted molar refractivity (Wildman–Crippen MR) is 49.9 cm³/mol. The van der Waals surface area contributed by atoms with Gasteiger partial charge in [0.05, 0.1) is 0 Å². The second-order valence-corrected chi connectivity index (χ2v) is 8.21. The van der Waals surface area contributed by atoms with Crippen LogP contribution in [0.4, 0.5) is 0 Å². The molecule has 7 heteroatoms. The third-order valence-electron chi connectivity index (χ3n) is 0.123. The van der Waals surface area contributed by atoms with E-state index < -0.39 is 0 Å². The minimum atomic E-state index is 1.24. The Hall–Kier alpha value is 1.38. The minimum absolute atomic E-state index is 1.24. The summed E-state index contributed by atoms with van der Waals surface area (Å²) in [7, 11) is 7.20. The van der Waals surface area contributed by atoms with E-state index in [1.807, 2.05) is 0 Å². The van der Waals surface area contributed by atoms with E-state index in [-0.39, 0.29) is 0 Å². The van der Waals surface area contributed by atoms with Gasteiger partial charge in [0.1, 0.15) is 0 Å². The quantitative estimate of drug-likeness (QED) is 0.483. The second kappa shape index (κ2) is 7.38. The zero-order valence-corrected chi connectivity index (χ0v) is 7.93. The van der Waals surface area contributed by atoms with Gasteiger partial charge in [-0.25, -0.2) is 0 Å². The molecule has 0 rings (SSSR count). The van der Waals surface area contributed by atoms with Gasteiger partial charge in [0.2, 0.25) is 0 Å². The molecule has 0 aliphatic heterocycles. The van der Waals surface area contributed by atoms with E-state index in [1.54, 1.807) is 17.8 Å². The summed E-state index contributed by atoms with van der Waals surface area (Å²) in [6.07, 6.45) is 0. The molecule has 39 valence electrons. The number of hydrogen-bond donors (Lipinski definition) is 0. The molecule has 0 N–H and O–H groups in total. The molecule has 1 radical (unpaired) electrons. The third-order valence-corrected chi connectivity index (χ3v) is 7.81. The maximum atomic E-state index is 5.07. The first-order valence-corrected chi connectivity index (χ1v) is 8.21. The zero-order valence-electron chi connectivity index (χ0n) is 3.03. The van der Waals surface area contributed by atoms with Crippen LogP contribution < -0.4 is 0 Å². The molecule has 0 atom stereocenters. The van der Waals surface area contributed by atoms with Gasteiger partial charge in [-0.05, 0) is 0 Å². The van der Waals surface area contributed by atoms with Crippen molar-refractivity contribution in [2.24, 2.45) is 0 Å². The van der Waals surface area contributed by atoms with E-state index in [9.17, 15) is 0 Å². The summed E-state index contributed by atoms with van der Waals surface area (Å²) >= 11 is 4.56. The van der Waals surface area contributed by atoms with Gasteiger partial charge >= 0.3 is 63.2 Å². The Bertz CT molecular complexity index is 187.